The molecule has 1 N–H and O–H groups in total. The number of hydrogen-bond acceptors (Lipinski definition) is 3. The molecular weight excluding hydrogens is 298 g/mol. The maximum absolute atomic E-state index is 12.8. The fourth-order valence-corrected chi connectivity index (χ4v) is 2.07. The number of hydrogen-bond donors (Lipinski definition) is 1. The molecule has 1 aromatic heterocycles. The number of rotatable bonds is 4. The molecule has 0 aliphatic heterocycles. The minimum absolute atomic E-state index is 0.0481. The number of pyridine rings is 1. The van der Waals surface area contributed by atoms with Gasteiger partial charge in [-0.2, -0.15) is 5.26 Å². The lowest BCUT2D eigenvalue weighted by Crippen LogP contribution is -2.09. The Balaban J connectivity index is 3.42. The van der Waals surface area contributed by atoms with Crippen LogP contribution in [0.3, 0.4) is 0 Å². The van der Waals surface area contributed by atoms with E-state index in [0.29, 0.717) is 0 Å². The van der Waals surface area contributed by atoms with Crippen molar-refractivity contribution < 1.29 is 18.7 Å². The highest BCUT2D eigenvalue weighted by atomic mass is 79.9. The number of carboxylic acid groups (broad SMARTS) is 1. The van der Waals surface area contributed by atoms with E-state index in [0.717, 1.165) is 6.20 Å². The van der Waals surface area contributed by atoms with Crippen LogP contribution in [0.25, 0.3) is 0 Å². The first-order valence-electron chi connectivity index (χ1n) is 4.47. The number of alkyl halides is 3. The molecule has 0 saturated carbocycles. The SMILES string of the molecule is N#Cc1ncc(CC(=O)O)c(CBr)c1C(F)F. The Morgan fingerprint density at radius 2 is 2.29 bits per heavy atom. The lowest BCUT2D eigenvalue weighted by Gasteiger charge is -2.11. The highest BCUT2D eigenvalue weighted by Gasteiger charge is 2.22. The first-order valence-corrected chi connectivity index (χ1v) is 5.60. The Kier molecular flexibility index (Phi) is 4.52. The maximum atomic E-state index is 12.8. The van der Waals surface area contributed by atoms with E-state index in [-0.39, 0.29) is 22.2 Å². The van der Waals surface area contributed by atoms with Gasteiger partial charge in [0.1, 0.15) is 11.8 Å². The summed E-state index contributed by atoms with van der Waals surface area (Å²) in [7, 11) is 0. The first kappa shape index (κ1) is 13.5. The van der Waals surface area contributed by atoms with Crippen LogP contribution in [-0.2, 0) is 16.5 Å². The number of aliphatic carboxylic acids is 1. The van der Waals surface area contributed by atoms with Crippen LogP contribution in [0, 0.1) is 11.3 Å². The van der Waals surface area contributed by atoms with Crippen molar-refractivity contribution in [2.75, 3.05) is 0 Å². The first-order chi connectivity index (χ1) is 8.01. The number of aromatic nitrogens is 1. The van der Waals surface area contributed by atoms with Gasteiger partial charge in [0.15, 0.2) is 0 Å². The summed E-state index contributed by atoms with van der Waals surface area (Å²) in [5, 5.41) is 17.4. The van der Waals surface area contributed by atoms with E-state index in [1.165, 1.54) is 0 Å². The minimum atomic E-state index is -2.86. The Hall–Kier alpha value is -1.55. The van der Waals surface area contributed by atoms with E-state index in [1.807, 2.05) is 0 Å². The van der Waals surface area contributed by atoms with Crippen LogP contribution in [0.1, 0.15) is 28.8 Å². The van der Waals surface area contributed by atoms with Gasteiger partial charge in [0.2, 0.25) is 0 Å². The smallest absolute Gasteiger partial charge is 0.307 e. The van der Waals surface area contributed by atoms with E-state index in [9.17, 15) is 13.6 Å². The Bertz CT molecular complexity index is 486. The molecule has 0 atom stereocenters. The van der Waals surface area contributed by atoms with E-state index in [1.54, 1.807) is 6.07 Å². The number of carbonyl (C=O) groups is 1. The fourth-order valence-electron chi connectivity index (χ4n) is 1.40. The number of carboxylic acids is 1. The molecule has 90 valence electrons. The highest BCUT2D eigenvalue weighted by molar-refractivity contribution is 9.08. The molecule has 1 heterocycles. The van der Waals surface area contributed by atoms with Gasteiger partial charge in [-0.3, -0.25) is 4.79 Å². The number of nitrogens with zero attached hydrogens (tertiary/aromatic N) is 2. The van der Waals surface area contributed by atoms with Gasteiger partial charge in [-0.05, 0) is 11.1 Å². The fraction of sp³-hybridized carbons (Fsp3) is 0.300. The topological polar surface area (TPSA) is 74.0 Å². The van der Waals surface area contributed by atoms with Gasteiger partial charge in [-0.1, -0.05) is 15.9 Å². The van der Waals surface area contributed by atoms with Gasteiger partial charge >= 0.3 is 5.97 Å². The molecular formula is C10H7BrF2N2O2. The third-order valence-electron chi connectivity index (χ3n) is 2.12. The summed E-state index contributed by atoms with van der Waals surface area (Å²) >= 11 is 3.02. The second-order valence-electron chi connectivity index (χ2n) is 3.14. The average molecular weight is 305 g/mol. The van der Waals surface area contributed by atoms with Gasteiger partial charge < -0.3 is 5.11 Å². The zero-order valence-electron chi connectivity index (χ0n) is 8.45. The second-order valence-corrected chi connectivity index (χ2v) is 3.70. The summed E-state index contributed by atoms with van der Waals surface area (Å²) in [4.78, 5) is 14.1. The molecule has 0 spiro atoms. The van der Waals surface area contributed by atoms with Crippen molar-refractivity contribution in [3.8, 4) is 6.07 Å². The number of halogens is 3. The Morgan fingerprint density at radius 3 is 2.71 bits per heavy atom. The molecule has 0 aliphatic carbocycles. The van der Waals surface area contributed by atoms with Crippen LogP contribution in [-0.4, -0.2) is 16.1 Å². The molecule has 0 saturated heterocycles. The van der Waals surface area contributed by atoms with E-state index in [2.05, 4.69) is 20.9 Å². The third-order valence-corrected chi connectivity index (χ3v) is 2.68. The molecule has 0 fully saturated rings. The quantitative estimate of drug-likeness (QED) is 0.867. The third kappa shape index (κ3) is 2.97. The van der Waals surface area contributed by atoms with Gasteiger partial charge in [-0.25, -0.2) is 13.8 Å². The van der Waals surface area contributed by atoms with Crippen molar-refractivity contribution in [1.29, 1.82) is 5.26 Å². The van der Waals surface area contributed by atoms with Crippen molar-refractivity contribution in [2.24, 2.45) is 0 Å². The molecule has 1 rings (SSSR count). The molecule has 17 heavy (non-hydrogen) atoms. The van der Waals surface area contributed by atoms with Crippen molar-refractivity contribution >= 4 is 21.9 Å². The molecule has 0 amide bonds. The predicted octanol–water partition coefficient (Wildman–Crippen LogP) is 2.41. The average Bonchev–Trinajstić information content (AvgIpc) is 2.27. The molecule has 0 radical (unpaired) electrons. The van der Waals surface area contributed by atoms with Crippen molar-refractivity contribution in [3.63, 3.8) is 0 Å². The van der Waals surface area contributed by atoms with Crippen LogP contribution in [0.4, 0.5) is 8.78 Å². The lowest BCUT2D eigenvalue weighted by molar-refractivity contribution is -0.136. The summed E-state index contributed by atoms with van der Waals surface area (Å²) < 4.78 is 25.6. The lowest BCUT2D eigenvalue weighted by atomic mass is 10.0. The second kappa shape index (κ2) is 5.68. The minimum Gasteiger partial charge on any atom is -0.481 e. The highest BCUT2D eigenvalue weighted by Crippen LogP contribution is 2.29. The van der Waals surface area contributed by atoms with E-state index >= 15 is 0 Å². The van der Waals surface area contributed by atoms with Crippen molar-refractivity contribution in [3.05, 3.63) is 28.6 Å². The van der Waals surface area contributed by atoms with Crippen LogP contribution >= 0.6 is 15.9 Å². The monoisotopic (exact) mass is 304 g/mol. The van der Waals surface area contributed by atoms with Crippen LogP contribution < -0.4 is 0 Å². The molecule has 0 unspecified atom stereocenters. The zero-order chi connectivity index (χ0) is 13.0. The molecule has 0 aromatic carbocycles. The molecule has 0 aliphatic rings. The predicted molar refractivity (Wildman–Crippen MR) is 57.9 cm³/mol. The normalized spacial score (nSPS) is 10.3. The van der Waals surface area contributed by atoms with E-state index < -0.39 is 24.4 Å². The Morgan fingerprint density at radius 1 is 1.65 bits per heavy atom. The van der Waals surface area contributed by atoms with Gasteiger partial charge in [0.05, 0.1) is 12.0 Å². The summed E-state index contributed by atoms with van der Waals surface area (Å²) in [6.07, 6.45) is -2.12. The van der Waals surface area contributed by atoms with Gasteiger partial charge in [0.25, 0.3) is 6.43 Å². The molecule has 0 bridgehead atoms. The summed E-state index contributed by atoms with van der Waals surface area (Å²) in [5.74, 6) is -1.14. The van der Waals surface area contributed by atoms with Gasteiger partial charge in [-0.15, -0.1) is 0 Å². The maximum Gasteiger partial charge on any atom is 0.307 e. The Labute approximate surface area is 104 Å². The molecule has 7 heteroatoms. The largest absolute Gasteiger partial charge is 0.481 e. The summed E-state index contributed by atoms with van der Waals surface area (Å²) in [5.41, 5.74) is -0.565. The molecule has 4 nitrogen and oxygen atoms in total. The van der Waals surface area contributed by atoms with Crippen LogP contribution in [0.5, 0.6) is 0 Å². The summed E-state index contributed by atoms with van der Waals surface area (Å²) in [6, 6.07) is 1.57. The van der Waals surface area contributed by atoms with E-state index in [4.69, 9.17) is 10.4 Å². The summed E-state index contributed by atoms with van der Waals surface area (Å²) in [6.45, 7) is 0. The molecule has 1 aromatic rings. The van der Waals surface area contributed by atoms with Gasteiger partial charge in [0, 0.05) is 11.5 Å². The zero-order valence-corrected chi connectivity index (χ0v) is 10.0. The standard InChI is InChI=1S/C10H7BrF2N2O2/c11-2-6-5(1-8(16)17)4-15-7(3-14)9(6)10(12)13/h4,10H,1-2H2,(H,16,17). The number of nitriles is 1. The van der Waals surface area contributed by atoms with Crippen molar-refractivity contribution in [2.45, 2.75) is 18.2 Å². The van der Waals surface area contributed by atoms with Crippen molar-refractivity contribution in [1.82, 2.24) is 4.98 Å². The van der Waals surface area contributed by atoms with Crippen LogP contribution in [0.15, 0.2) is 6.20 Å². The van der Waals surface area contributed by atoms with Crippen LogP contribution in [0.2, 0.25) is 0 Å².